The summed E-state index contributed by atoms with van der Waals surface area (Å²) in [6.45, 7) is 4.73. The summed E-state index contributed by atoms with van der Waals surface area (Å²) in [6.07, 6.45) is 3.81. The summed E-state index contributed by atoms with van der Waals surface area (Å²) in [4.78, 5) is 4.30. The second-order valence-electron chi connectivity index (χ2n) is 4.88. The van der Waals surface area contributed by atoms with Crippen LogP contribution in [0.15, 0.2) is 36.8 Å². The van der Waals surface area contributed by atoms with Crippen LogP contribution in [0.2, 0.25) is 0 Å². The average Bonchev–Trinajstić information content (AvgIpc) is 3.02. The maximum absolute atomic E-state index is 4.30. The van der Waals surface area contributed by atoms with Gasteiger partial charge in [0.15, 0.2) is 0 Å². The second-order valence-corrected chi connectivity index (χ2v) is 4.88. The van der Waals surface area contributed by atoms with Crippen molar-refractivity contribution in [1.29, 1.82) is 0 Å². The van der Waals surface area contributed by atoms with E-state index in [0.717, 1.165) is 25.5 Å². The summed E-state index contributed by atoms with van der Waals surface area (Å²) in [7, 11) is 1.92. The van der Waals surface area contributed by atoms with Crippen molar-refractivity contribution in [2.24, 2.45) is 7.05 Å². The van der Waals surface area contributed by atoms with Crippen LogP contribution < -0.4 is 5.32 Å². The molecule has 1 aromatic carbocycles. The van der Waals surface area contributed by atoms with Gasteiger partial charge in [-0.25, -0.2) is 4.98 Å². The fraction of sp³-hybridized carbons (Fsp3) is 0.333. The van der Waals surface area contributed by atoms with Crippen LogP contribution in [0.4, 0.5) is 0 Å². The summed E-state index contributed by atoms with van der Waals surface area (Å²) in [5, 5.41) is 8.82. The minimum atomic E-state index is 0.739. The molecule has 0 bridgehead atoms. The minimum absolute atomic E-state index is 0.739. The van der Waals surface area contributed by atoms with Crippen LogP contribution >= 0.6 is 0 Å². The zero-order chi connectivity index (χ0) is 13.9. The van der Waals surface area contributed by atoms with Crippen LogP contribution in [0.1, 0.15) is 18.3 Å². The number of rotatable bonds is 5. The van der Waals surface area contributed by atoms with E-state index in [-0.39, 0.29) is 0 Å². The first kappa shape index (κ1) is 12.9. The minimum Gasteiger partial charge on any atom is -0.340 e. The Kier molecular flexibility index (Phi) is 3.52. The van der Waals surface area contributed by atoms with E-state index in [1.165, 1.54) is 16.5 Å². The van der Waals surface area contributed by atoms with Crippen LogP contribution in [-0.4, -0.2) is 25.9 Å². The summed E-state index contributed by atoms with van der Waals surface area (Å²) < 4.78 is 4.06. The van der Waals surface area contributed by atoms with Crippen molar-refractivity contribution < 1.29 is 0 Å². The van der Waals surface area contributed by atoms with E-state index in [1.54, 1.807) is 6.33 Å². The number of fused-ring (bicyclic) bond motifs is 1. The van der Waals surface area contributed by atoms with Gasteiger partial charge in [-0.15, -0.1) is 0 Å². The molecule has 0 spiro atoms. The SMILES string of the molecule is CCNCc1cn(Cc2ncnn2C)c2ccccc12. The molecule has 3 rings (SSSR count). The molecule has 2 aromatic heterocycles. The highest BCUT2D eigenvalue weighted by Crippen LogP contribution is 2.21. The fourth-order valence-corrected chi connectivity index (χ4v) is 2.47. The van der Waals surface area contributed by atoms with E-state index in [1.807, 2.05) is 11.7 Å². The highest BCUT2D eigenvalue weighted by molar-refractivity contribution is 5.84. The number of aryl methyl sites for hydroxylation is 1. The van der Waals surface area contributed by atoms with Gasteiger partial charge in [0.1, 0.15) is 12.2 Å². The molecule has 0 saturated heterocycles. The van der Waals surface area contributed by atoms with Crippen molar-refractivity contribution >= 4 is 10.9 Å². The summed E-state index contributed by atoms with van der Waals surface area (Å²) in [5.74, 6) is 0.959. The van der Waals surface area contributed by atoms with Crippen LogP contribution in [0.25, 0.3) is 10.9 Å². The molecular formula is C15H19N5. The number of aromatic nitrogens is 4. The molecule has 20 heavy (non-hydrogen) atoms. The molecule has 3 aromatic rings. The van der Waals surface area contributed by atoms with Gasteiger partial charge in [0, 0.05) is 30.7 Å². The van der Waals surface area contributed by atoms with Gasteiger partial charge in [0.25, 0.3) is 0 Å². The van der Waals surface area contributed by atoms with E-state index in [4.69, 9.17) is 0 Å². The van der Waals surface area contributed by atoms with Gasteiger partial charge in [-0.05, 0) is 18.2 Å². The maximum Gasteiger partial charge on any atom is 0.146 e. The molecule has 0 saturated carbocycles. The molecule has 0 radical (unpaired) electrons. The van der Waals surface area contributed by atoms with Gasteiger partial charge in [0.05, 0.1) is 6.54 Å². The lowest BCUT2D eigenvalue weighted by Crippen LogP contribution is -2.11. The van der Waals surface area contributed by atoms with Crippen LogP contribution in [0.3, 0.4) is 0 Å². The summed E-state index contributed by atoms with van der Waals surface area (Å²) in [5.41, 5.74) is 2.56. The van der Waals surface area contributed by atoms with Crippen molar-refractivity contribution in [2.45, 2.75) is 20.0 Å². The molecule has 5 heteroatoms. The Bertz CT molecular complexity index is 710. The first-order valence-electron chi connectivity index (χ1n) is 6.90. The molecule has 104 valence electrons. The summed E-state index contributed by atoms with van der Waals surface area (Å²) in [6, 6.07) is 8.49. The second kappa shape index (κ2) is 5.46. The van der Waals surface area contributed by atoms with Gasteiger partial charge in [0.2, 0.25) is 0 Å². The van der Waals surface area contributed by atoms with Gasteiger partial charge >= 0.3 is 0 Å². The van der Waals surface area contributed by atoms with Crippen LogP contribution in [0, 0.1) is 0 Å². The fourth-order valence-electron chi connectivity index (χ4n) is 2.47. The van der Waals surface area contributed by atoms with E-state index >= 15 is 0 Å². The zero-order valence-corrected chi connectivity index (χ0v) is 11.9. The van der Waals surface area contributed by atoms with Crippen molar-refractivity contribution in [3.8, 4) is 0 Å². The van der Waals surface area contributed by atoms with Crippen LogP contribution in [0.5, 0.6) is 0 Å². The molecule has 0 amide bonds. The molecule has 1 N–H and O–H groups in total. The smallest absolute Gasteiger partial charge is 0.146 e. The number of hydrogen-bond acceptors (Lipinski definition) is 3. The normalized spacial score (nSPS) is 11.3. The highest BCUT2D eigenvalue weighted by Gasteiger charge is 2.09. The molecule has 0 aliphatic carbocycles. The van der Waals surface area contributed by atoms with Crippen molar-refractivity contribution in [3.05, 3.63) is 48.2 Å². The Morgan fingerprint density at radius 1 is 1.25 bits per heavy atom. The quantitative estimate of drug-likeness (QED) is 0.770. The molecule has 0 aliphatic heterocycles. The van der Waals surface area contributed by atoms with Crippen LogP contribution in [-0.2, 0) is 20.1 Å². The third-order valence-electron chi connectivity index (χ3n) is 3.55. The molecule has 2 heterocycles. The average molecular weight is 269 g/mol. The topological polar surface area (TPSA) is 47.7 Å². The first-order valence-corrected chi connectivity index (χ1v) is 6.90. The Hall–Kier alpha value is -2.14. The Balaban J connectivity index is 2.00. The Morgan fingerprint density at radius 2 is 2.10 bits per heavy atom. The molecule has 5 nitrogen and oxygen atoms in total. The molecule has 0 unspecified atom stereocenters. The lowest BCUT2D eigenvalue weighted by molar-refractivity contribution is 0.661. The predicted octanol–water partition coefficient (Wildman–Crippen LogP) is 1.93. The van der Waals surface area contributed by atoms with E-state index in [2.05, 4.69) is 57.4 Å². The van der Waals surface area contributed by atoms with Gasteiger partial charge in [-0.3, -0.25) is 4.68 Å². The molecule has 0 atom stereocenters. The number of nitrogens with one attached hydrogen (secondary N) is 1. The molecule has 0 fully saturated rings. The predicted molar refractivity (Wildman–Crippen MR) is 79.4 cm³/mol. The van der Waals surface area contributed by atoms with Gasteiger partial charge in [-0.1, -0.05) is 25.1 Å². The van der Waals surface area contributed by atoms with Crippen molar-refractivity contribution in [2.75, 3.05) is 6.54 Å². The highest BCUT2D eigenvalue weighted by atomic mass is 15.3. The number of benzene rings is 1. The Labute approximate surface area is 118 Å². The lowest BCUT2D eigenvalue weighted by Gasteiger charge is -2.04. The largest absolute Gasteiger partial charge is 0.340 e. The number of para-hydroxylation sites is 1. The monoisotopic (exact) mass is 269 g/mol. The van der Waals surface area contributed by atoms with Crippen molar-refractivity contribution in [1.82, 2.24) is 24.6 Å². The first-order chi connectivity index (χ1) is 9.79. The Morgan fingerprint density at radius 3 is 2.85 bits per heavy atom. The van der Waals surface area contributed by atoms with Gasteiger partial charge < -0.3 is 9.88 Å². The van der Waals surface area contributed by atoms with Crippen molar-refractivity contribution in [3.63, 3.8) is 0 Å². The third-order valence-corrected chi connectivity index (χ3v) is 3.55. The van der Waals surface area contributed by atoms with E-state index in [0.29, 0.717) is 0 Å². The molecule has 0 aliphatic rings. The van der Waals surface area contributed by atoms with E-state index < -0.39 is 0 Å². The lowest BCUT2D eigenvalue weighted by atomic mass is 10.2. The maximum atomic E-state index is 4.30. The summed E-state index contributed by atoms with van der Waals surface area (Å²) >= 11 is 0. The zero-order valence-electron chi connectivity index (χ0n) is 11.9. The number of hydrogen-bond donors (Lipinski definition) is 1. The third kappa shape index (κ3) is 2.32. The standard InChI is InChI=1S/C15H19N5/c1-3-16-8-12-9-20(10-15-17-11-18-19(15)2)14-7-5-4-6-13(12)14/h4-7,9,11,16H,3,8,10H2,1-2H3. The number of nitrogens with zero attached hydrogens (tertiary/aromatic N) is 4. The molecular weight excluding hydrogens is 250 g/mol. The van der Waals surface area contributed by atoms with Gasteiger partial charge in [-0.2, -0.15) is 5.10 Å². The van der Waals surface area contributed by atoms with E-state index in [9.17, 15) is 0 Å².